The molecule has 3 amide bonds. The molecule has 28 heavy (non-hydrogen) atoms. The number of benzene rings is 1. The third-order valence-corrected chi connectivity index (χ3v) is 6.07. The fourth-order valence-corrected chi connectivity index (χ4v) is 4.46. The minimum atomic E-state index is -0.639. The number of carbonyl (C=O) groups is 3. The highest BCUT2D eigenvalue weighted by atomic mass is 32.1. The second-order valence-corrected chi connectivity index (χ2v) is 9.15. The number of nitrogens with zero attached hydrogens (tertiary/aromatic N) is 3. The molecule has 0 unspecified atom stereocenters. The molecule has 0 fully saturated rings. The summed E-state index contributed by atoms with van der Waals surface area (Å²) in [6, 6.07) is 8.36. The van der Waals surface area contributed by atoms with E-state index in [1.165, 1.54) is 34.4 Å². The van der Waals surface area contributed by atoms with Crippen LogP contribution >= 0.6 is 22.7 Å². The number of rotatable bonds is 3. The van der Waals surface area contributed by atoms with Crippen LogP contribution in [0, 0.1) is 0 Å². The maximum atomic E-state index is 12.7. The van der Waals surface area contributed by atoms with E-state index in [1.807, 2.05) is 17.5 Å². The van der Waals surface area contributed by atoms with Gasteiger partial charge in [-0.05, 0) is 50.4 Å². The molecule has 7 nitrogen and oxygen atoms in total. The van der Waals surface area contributed by atoms with E-state index in [2.05, 4.69) is 15.5 Å². The zero-order chi connectivity index (χ0) is 20.1. The van der Waals surface area contributed by atoms with Crippen molar-refractivity contribution >= 4 is 45.5 Å². The maximum Gasteiger partial charge on any atom is 0.262 e. The lowest BCUT2D eigenvalue weighted by Crippen LogP contribution is -2.45. The van der Waals surface area contributed by atoms with Crippen LogP contribution < -0.4 is 5.32 Å². The van der Waals surface area contributed by atoms with Gasteiger partial charge in [-0.15, -0.1) is 21.5 Å². The first-order valence-electron chi connectivity index (χ1n) is 8.47. The minimum Gasteiger partial charge on any atom is -0.296 e. The van der Waals surface area contributed by atoms with Crippen molar-refractivity contribution in [2.75, 3.05) is 5.32 Å². The molecule has 0 radical (unpaired) electrons. The average molecular weight is 412 g/mol. The molecule has 142 valence electrons. The number of hydrogen-bond acceptors (Lipinski definition) is 7. The van der Waals surface area contributed by atoms with Crippen LogP contribution in [0.5, 0.6) is 0 Å². The number of hydrogen-bond donors (Lipinski definition) is 1. The zero-order valence-electron chi connectivity index (χ0n) is 15.3. The van der Waals surface area contributed by atoms with Gasteiger partial charge in [0.05, 0.1) is 16.0 Å². The highest BCUT2D eigenvalue weighted by Crippen LogP contribution is 2.31. The highest BCUT2D eigenvalue weighted by Gasteiger charge is 2.42. The Hall–Kier alpha value is -2.91. The van der Waals surface area contributed by atoms with E-state index >= 15 is 0 Å². The van der Waals surface area contributed by atoms with E-state index in [-0.39, 0.29) is 17.0 Å². The monoisotopic (exact) mass is 412 g/mol. The van der Waals surface area contributed by atoms with Gasteiger partial charge in [-0.3, -0.25) is 24.6 Å². The van der Waals surface area contributed by atoms with Crippen LogP contribution in [0.2, 0.25) is 0 Å². The topological polar surface area (TPSA) is 92.3 Å². The van der Waals surface area contributed by atoms with Crippen molar-refractivity contribution in [1.82, 2.24) is 15.1 Å². The van der Waals surface area contributed by atoms with Gasteiger partial charge in [0.1, 0.15) is 0 Å². The Bertz CT molecular complexity index is 1100. The summed E-state index contributed by atoms with van der Waals surface area (Å²) in [5.41, 5.74) is 0.195. The molecule has 2 aromatic heterocycles. The Balaban J connectivity index is 1.57. The molecule has 1 N–H and O–H groups in total. The molecule has 4 rings (SSSR count). The quantitative estimate of drug-likeness (QED) is 0.659. The number of fused-ring (bicyclic) bond motifs is 1. The number of thiophene rings is 1. The largest absolute Gasteiger partial charge is 0.296 e. The van der Waals surface area contributed by atoms with Crippen LogP contribution in [-0.4, -0.2) is 38.4 Å². The van der Waals surface area contributed by atoms with Crippen LogP contribution in [-0.2, 0) is 0 Å². The van der Waals surface area contributed by atoms with Gasteiger partial charge < -0.3 is 0 Å². The zero-order valence-corrected chi connectivity index (χ0v) is 17.0. The lowest BCUT2D eigenvalue weighted by molar-refractivity contribution is 0.0507. The SMILES string of the molecule is CC(C)(C)N1C(=O)c2ccc(C(=O)Nc3nnc(-c4cccs4)s3)cc2C1=O. The molecule has 0 atom stereocenters. The van der Waals surface area contributed by atoms with Crippen molar-refractivity contribution in [2.45, 2.75) is 26.3 Å². The summed E-state index contributed by atoms with van der Waals surface area (Å²) in [7, 11) is 0. The van der Waals surface area contributed by atoms with Crippen LogP contribution in [0.4, 0.5) is 5.13 Å². The predicted octanol–water partition coefficient (Wildman–Crippen LogP) is 3.91. The molecule has 0 aliphatic carbocycles. The lowest BCUT2D eigenvalue weighted by atomic mass is 10.1. The number of nitrogens with one attached hydrogen (secondary N) is 1. The molecule has 1 aliphatic rings. The summed E-state index contributed by atoms with van der Waals surface area (Å²) in [5.74, 6) is -1.15. The van der Waals surface area contributed by atoms with Gasteiger partial charge in [0.2, 0.25) is 5.13 Å². The van der Waals surface area contributed by atoms with Gasteiger partial charge in [0.15, 0.2) is 5.01 Å². The Morgan fingerprint density at radius 1 is 1.07 bits per heavy atom. The van der Waals surface area contributed by atoms with Crippen LogP contribution in [0.15, 0.2) is 35.7 Å². The number of anilines is 1. The Morgan fingerprint density at radius 2 is 1.82 bits per heavy atom. The molecule has 0 spiro atoms. The van der Waals surface area contributed by atoms with E-state index in [4.69, 9.17) is 0 Å². The van der Waals surface area contributed by atoms with Crippen molar-refractivity contribution in [2.24, 2.45) is 0 Å². The Morgan fingerprint density at radius 3 is 2.50 bits per heavy atom. The second kappa shape index (κ2) is 6.61. The number of carbonyl (C=O) groups excluding carboxylic acids is 3. The van der Waals surface area contributed by atoms with Crippen LogP contribution in [0.1, 0.15) is 51.8 Å². The van der Waals surface area contributed by atoms with Crippen LogP contribution in [0.3, 0.4) is 0 Å². The highest BCUT2D eigenvalue weighted by molar-refractivity contribution is 7.23. The summed E-state index contributed by atoms with van der Waals surface area (Å²) in [5, 5.41) is 13.8. The van der Waals surface area contributed by atoms with Gasteiger partial charge in [0.25, 0.3) is 17.7 Å². The summed E-state index contributed by atoms with van der Waals surface area (Å²) in [4.78, 5) is 40.0. The third kappa shape index (κ3) is 3.12. The number of imide groups is 1. The lowest BCUT2D eigenvalue weighted by Gasteiger charge is -2.29. The molecule has 0 saturated carbocycles. The first-order chi connectivity index (χ1) is 13.3. The standard InChI is InChI=1S/C19H16N4O3S2/c1-19(2,3)23-16(25)11-7-6-10(9-12(11)17(23)26)14(24)20-18-22-21-15(28-18)13-5-4-8-27-13/h4-9H,1-3H3,(H,20,22,24). The first kappa shape index (κ1) is 18.5. The van der Waals surface area contributed by atoms with Gasteiger partial charge in [-0.1, -0.05) is 17.4 Å². The van der Waals surface area contributed by atoms with Crippen molar-refractivity contribution < 1.29 is 14.4 Å². The van der Waals surface area contributed by atoms with Crippen molar-refractivity contribution in [3.63, 3.8) is 0 Å². The molecule has 0 saturated heterocycles. The van der Waals surface area contributed by atoms with Gasteiger partial charge in [0, 0.05) is 11.1 Å². The van der Waals surface area contributed by atoms with Crippen molar-refractivity contribution in [3.05, 3.63) is 52.4 Å². The minimum absolute atomic E-state index is 0.240. The average Bonchev–Trinajstić information content (AvgIpc) is 3.35. The molecular formula is C19H16N4O3S2. The molecular weight excluding hydrogens is 396 g/mol. The normalized spacial score (nSPS) is 13.8. The number of amides is 3. The summed E-state index contributed by atoms with van der Waals surface area (Å²) >= 11 is 2.81. The smallest absolute Gasteiger partial charge is 0.262 e. The van der Waals surface area contributed by atoms with E-state index < -0.39 is 17.4 Å². The van der Waals surface area contributed by atoms with E-state index in [1.54, 1.807) is 32.1 Å². The molecule has 3 heterocycles. The van der Waals surface area contributed by atoms with E-state index in [0.717, 1.165) is 9.88 Å². The molecule has 1 aliphatic heterocycles. The van der Waals surface area contributed by atoms with Crippen LogP contribution in [0.25, 0.3) is 9.88 Å². The first-order valence-corrected chi connectivity index (χ1v) is 10.2. The molecule has 3 aromatic rings. The van der Waals surface area contributed by atoms with Gasteiger partial charge in [-0.2, -0.15) is 0 Å². The fourth-order valence-electron chi connectivity index (χ4n) is 2.93. The molecule has 9 heteroatoms. The predicted molar refractivity (Wildman–Crippen MR) is 108 cm³/mol. The Labute approximate surface area is 169 Å². The molecule has 0 bridgehead atoms. The summed E-state index contributed by atoms with van der Waals surface area (Å²) in [6.45, 7) is 5.38. The maximum absolute atomic E-state index is 12.7. The Kier molecular flexibility index (Phi) is 4.35. The van der Waals surface area contributed by atoms with Crippen molar-refractivity contribution in [1.29, 1.82) is 0 Å². The summed E-state index contributed by atoms with van der Waals surface area (Å²) in [6.07, 6.45) is 0. The third-order valence-electron chi connectivity index (χ3n) is 4.20. The van der Waals surface area contributed by atoms with E-state index in [9.17, 15) is 14.4 Å². The number of aromatic nitrogens is 2. The fraction of sp³-hybridized carbons (Fsp3) is 0.211. The van der Waals surface area contributed by atoms with Gasteiger partial charge >= 0.3 is 0 Å². The van der Waals surface area contributed by atoms with E-state index in [0.29, 0.717) is 10.7 Å². The van der Waals surface area contributed by atoms with Gasteiger partial charge in [-0.25, -0.2) is 0 Å². The van der Waals surface area contributed by atoms with Crippen molar-refractivity contribution in [3.8, 4) is 9.88 Å². The summed E-state index contributed by atoms with van der Waals surface area (Å²) < 4.78 is 0. The molecule has 1 aromatic carbocycles. The second-order valence-electron chi connectivity index (χ2n) is 7.22.